The molecule has 1 fully saturated rings. The summed E-state index contributed by atoms with van der Waals surface area (Å²) in [7, 11) is 0. The Bertz CT molecular complexity index is 443. The second-order valence-corrected chi connectivity index (χ2v) is 7.78. The zero-order chi connectivity index (χ0) is 21.9. The van der Waals surface area contributed by atoms with Gasteiger partial charge >= 0.3 is 5.97 Å². The van der Waals surface area contributed by atoms with E-state index >= 15 is 0 Å². The summed E-state index contributed by atoms with van der Waals surface area (Å²) in [6.45, 7) is 2.12. The molecular formula is C21H42N4O5. The van der Waals surface area contributed by atoms with Crippen molar-refractivity contribution in [1.29, 1.82) is 0 Å². The number of carbonyl (C=O) groups is 2. The fourth-order valence-corrected chi connectivity index (χ4v) is 3.49. The van der Waals surface area contributed by atoms with Gasteiger partial charge in [-0.1, -0.05) is 25.7 Å². The number of hydrogen-bond acceptors (Lipinski definition) is 8. The highest BCUT2D eigenvalue weighted by Gasteiger charge is 2.25. The highest BCUT2D eigenvalue weighted by Crippen LogP contribution is 2.20. The number of esters is 1. The van der Waals surface area contributed by atoms with E-state index in [1.807, 2.05) is 0 Å². The van der Waals surface area contributed by atoms with Gasteiger partial charge in [-0.15, -0.1) is 0 Å². The molecule has 1 saturated carbocycles. The molecule has 0 aliphatic heterocycles. The Morgan fingerprint density at radius 3 is 2.27 bits per heavy atom. The van der Waals surface area contributed by atoms with Crippen LogP contribution in [0.4, 0.5) is 0 Å². The average Bonchev–Trinajstić information content (AvgIpc) is 2.86. The lowest BCUT2D eigenvalue weighted by molar-refractivity contribution is -0.154. The standard InChI is InChI=1S/C21H42N4O5/c22-12-14-28-15-16-29-17-20(26)25-19(11-7-8-13-24-23)21(27)30-18-9-5-3-1-2-4-6-10-18/h18-19,24H,1-17,22-23H2,(H,25,26). The van der Waals surface area contributed by atoms with Gasteiger partial charge < -0.3 is 25.3 Å². The molecule has 9 nitrogen and oxygen atoms in total. The Kier molecular flexibility index (Phi) is 16.5. The molecule has 1 aliphatic rings. The Labute approximate surface area is 180 Å². The van der Waals surface area contributed by atoms with Crippen molar-refractivity contribution in [3.05, 3.63) is 0 Å². The molecule has 6 N–H and O–H groups in total. The smallest absolute Gasteiger partial charge is 0.328 e. The number of nitrogens with one attached hydrogen (secondary N) is 2. The van der Waals surface area contributed by atoms with Crippen LogP contribution in [0.1, 0.15) is 70.6 Å². The van der Waals surface area contributed by atoms with Gasteiger partial charge in [-0.3, -0.25) is 16.1 Å². The summed E-state index contributed by atoms with van der Waals surface area (Å²) in [5, 5.41) is 2.77. The maximum absolute atomic E-state index is 12.8. The zero-order valence-electron chi connectivity index (χ0n) is 18.4. The summed E-state index contributed by atoms with van der Waals surface area (Å²) in [4.78, 5) is 25.0. The van der Waals surface area contributed by atoms with Crippen LogP contribution >= 0.6 is 0 Å². The lowest BCUT2D eigenvalue weighted by atomic mass is 10.1. The van der Waals surface area contributed by atoms with Crippen molar-refractivity contribution in [3.63, 3.8) is 0 Å². The Balaban J connectivity index is 2.46. The maximum Gasteiger partial charge on any atom is 0.328 e. The van der Waals surface area contributed by atoms with E-state index < -0.39 is 6.04 Å². The first-order valence-corrected chi connectivity index (χ1v) is 11.5. The molecule has 0 aromatic rings. The van der Waals surface area contributed by atoms with E-state index in [1.54, 1.807) is 0 Å². The molecule has 1 rings (SSSR count). The molecule has 176 valence electrons. The summed E-state index contributed by atoms with van der Waals surface area (Å²) >= 11 is 0. The van der Waals surface area contributed by atoms with Crippen molar-refractivity contribution in [1.82, 2.24) is 10.7 Å². The van der Waals surface area contributed by atoms with Gasteiger partial charge in [0.25, 0.3) is 0 Å². The van der Waals surface area contributed by atoms with E-state index in [9.17, 15) is 9.59 Å². The number of amides is 1. The van der Waals surface area contributed by atoms with Gasteiger partial charge in [0.1, 0.15) is 18.8 Å². The van der Waals surface area contributed by atoms with Crippen LogP contribution in [0.2, 0.25) is 0 Å². The van der Waals surface area contributed by atoms with Crippen LogP contribution in [-0.2, 0) is 23.8 Å². The first kappa shape index (κ1) is 26.8. The number of hydrazine groups is 1. The number of carbonyl (C=O) groups excluding carboxylic acids is 2. The molecule has 0 heterocycles. The molecule has 0 aromatic carbocycles. The molecule has 1 atom stereocenters. The first-order valence-electron chi connectivity index (χ1n) is 11.5. The third kappa shape index (κ3) is 13.9. The van der Waals surface area contributed by atoms with Crippen molar-refractivity contribution in [2.75, 3.05) is 39.5 Å². The van der Waals surface area contributed by atoms with E-state index in [1.165, 1.54) is 25.7 Å². The number of unbranched alkanes of at least 4 members (excludes halogenated alkanes) is 1. The van der Waals surface area contributed by atoms with Gasteiger partial charge in [0.2, 0.25) is 5.91 Å². The summed E-state index contributed by atoms with van der Waals surface area (Å²) in [5.74, 6) is 4.62. The van der Waals surface area contributed by atoms with Crippen LogP contribution in [-0.4, -0.2) is 63.5 Å². The lowest BCUT2D eigenvalue weighted by Gasteiger charge is -2.22. The van der Waals surface area contributed by atoms with Gasteiger partial charge in [0.05, 0.1) is 19.8 Å². The number of rotatable bonds is 15. The van der Waals surface area contributed by atoms with Crippen molar-refractivity contribution in [2.45, 2.75) is 82.8 Å². The van der Waals surface area contributed by atoms with Crippen LogP contribution in [0.5, 0.6) is 0 Å². The molecule has 1 aliphatic carbocycles. The van der Waals surface area contributed by atoms with Crippen molar-refractivity contribution >= 4 is 11.9 Å². The summed E-state index contributed by atoms with van der Waals surface area (Å²) in [6, 6.07) is -0.667. The molecule has 0 radical (unpaired) electrons. The molecular weight excluding hydrogens is 388 g/mol. The second kappa shape index (κ2) is 18.5. The third-order valence-electron chi connectivity index (χ3n) is 5.14. The zero-order valence-corrected chi connectivity index (χ0v) is 18.4. The van der Waals surface area contributed by atoms with Gasteiger partial charge in [-0.05, 0) is 44.9 Å². The molecule has 0 aromatic heterocycles. The Morgan fingerprint density at radius 2 is 1.60 bits per heavy atom. The van der Waals surface area contributed by atoms with E-state index in [0.29, 0.717) is 39.3 Å². The van der Waals surface area contributed by atoms with E-state index in [2.05, 4.69) is 10.7 Å². The molecule has 0 bridgehead atoms. The number of hydrogen-bond donors (Lipinski definition) is 4. The quantitative estimate of drug-likeness (QED) is 0.131. The summed E-state index contributed by atoms with van der Waals surface area (Å²) < 4.78 is 16.3. The molecule has 0 spiro atoms. The second-order valence-electron chi connectivity index (χ2n) is 7.78. The first-order chi connectivity index (χ1) is 14.7. The molecule has 9 heteroatoms. The van der Waals surface area contributed by atoms with E-state index in [4.69, 9.17) is 25.8 Å². The minimum absolute atomic E-state index is 0.0587. The van der Waals surface area contributed by atoms with Gasteiger partial charge in [-0.2, -0.15) is 0 Å². The van der Waals surface area contributed by atoms with E-state index in [-0.39, 0.29) is 24.6 Å². The topological polar surface area (TPSA) is 138 Å². The Hall–Kier alpha value is -1.26. The van der Waals surface area contributed by atoms with Crippen LogP contribution in [0.25, 0.3) is 0 Å². The van der Waals surface area contributed by atoms with Crippen LogP contribution < -0.4 is 22.3 Å². The largest absolute Gasteiger partial charge is 0.461 e. The number of ether oxygens (including phenoxy) is 3. The minimum Gasteiger partial charge on any atom is -0.461 e. The van der Waals surface area contributed by atoms with Crippen molar-refractivity contribution in [3.8, 4) is 0 Å². The lowest BCUT2D eigenvalue weighted by Crippen LogP contribution is -2.44. The monoisotopic (exact) mass is 430 g/mol. The van der Waals surface area contributed by atoms with Gasteiger partial charge in [0, 0.05) is 13.1 Å². The maximum atomic E-state index is 12.8. The predicted molar refractivity (Wildman–Crippen MR) is 115 cm³/mol. The highest BCUT2D eigenvalue weighted by molar-refractivity contribution is 5.85. The fourth-order valence-electron chi connectivity index (χ4n) is 3.49. The summed E-state index contributed by atoms with van der Waals surface area (Å²) in [6.07, 6.45) is 10.9. The molecule has 30 heavy (non-hydrogen) atoms. The predicted octanol–water partition coefficient (Wildman–Crippen LogP) is 1.14. The molecule has 1 unspecified atom stereocenters. The van der Waals surface area contributed by atoms with Crippen LogP contribution in [0.15, 0.2) is 0 Å². The summed E-state index contributed by atoms with van der Waals surface area (Å²) in [5.41, 5.74) is 7.94. The van der Waals surface area contributed by atoms with Crippen molar-refractivity contribution < 1.29 is 23.8 Å². The molecule has 1 amide bonds. The van der Waals surface area contributed by atoms with Gasteiger partial charge in [-0.25, -0.2) is 4.79 Å². The fraction of sp³-hybridized carbons (Fsp3) is 0.905. The number of nitrogens with two attached hydrogens (primary N) is 2. The van der Waals surface area contributed by atoms with Crippen LogP contribution in [0.3, 0.4) is 0 Å². The van der Waals surface area contributed by atoms with Crippen molar-refractivity contribution in [2.24, 2.45) is 11.6 Å². The SMILES string of the molecule is NCCOCCOCC(=O)NC(CCCCNN)C(=O)OC1CCCCCCCC1. The highest BCUT2D eigenvalue weighted by atomic mass is 16.5. The van der Waals surface area contributed by atoms with E-state index in [0.717, 1.165) is 38.5 Å². The van der Waals surface area contributed by atoms with Crippen LogP contribution in [0, 0.1) is 0 Å². The normalized spacial score (nSPS) is 16.9. The minimum atomic E-state index is -0.667. The average molecular weight is 431 g/mol. The Morgan fingerprint density at radius 1 is 0.933 bits per heavy atom. The van der Waals surface area contributed by atoms with Gasteiger partial charge in [0.15, 0.2) is 0 Å². The third-order valence-corrected chi connectivity index (χ3v) is 5.14. The molecule has 0 saturated heterocycles.